The van der Waals surface area contributed by atoms with E-state index in [0.29, 0.717) is 23.7 Å². The van der Waals surface area contributed by atoms with Gasteiger partial charge in [-0.05, 0) is 69.5 Å². The molecular weight excluding hydrogens is 342 g/mol. The van der Waals surface area contributed by atoms with E-state index in [-0.39, 0.29) is 11.8 Å². The summed E-state index contributed by atoms with van der Waals surface area (Å²) >= 11 is 0. The van der Waals surface area contributed by atoms with Crippen LogP contribution < -0.4 is 16.0 Å². The van der Waals surface area contributed by atoms with Crippen molar-refractivity contribution >= 4 is 23.2 Å². The molecule has 0 spiro atoms. The molecule has 27 heavy (non-hydrogen) atoms. The summed E-state index contributed by atoms with van der Waals surface area (Å²) in [7, 11) is 0. The molecule has 7 heteroatoms. The average molecular weight is 369 g/mol. The van der Waals surface area contributed by atoms with Gasteiger partial charge in [-0.15, -0.1) is 0 Å². The molecule has 1 fully saturated rings. The van der Waals surface area contributed by atoms with Crippen molar-refractivity contribution in [1.29, 1.82) is 0 Å². The summed E-state index contributed by atoms with van der Waals surface area (Å²) in [5, 5.41) is 13.2. The van der Waals surface area contributed by atoms with Crippen LogP contribution in [0.15, 0.2) is 42.7 Å². The van der Waals surface area contributed by atoms with Gasteiger partial charge in [0, 0.05) is 30.2 Å². The molecule has 144 valence electrons. The number of nitrogens with one attached hydrogen (secondary N) is 3. The second-order valence-corrected chi connectivity index (χ2v) is 7.01. The van der Waals surface area contributed by atoms with Gasteiger partial charge in [0.05, 0.1) is 0 Å². The molecule has 3 N–H and O–H groups in total. The molecular formula is C20H27N5O2. The van der Waals surface area contributed by atoms with Crippen LogP contribution in [0.25, 0.3) is 0 Å². The zero-order valence-corrected chi connectivity index (χ0v) is 15.6. The van der Waals surface area contributed by atoms with Gasteiger partial charge in [0.15, 0.2) is 0 Å². The maximum atomic E-state index is 12.4. The smallest absolute Gasteiger partial charge is 0.248 e. The molecule has 0 radical (unpaired) electrons. The van der Waals surface area contributed by atoms with Gasteiger partial charge >= 0.3 is 0 Å². The number of benzene rings is 1. The van der Waals surface area contributed by atoms with E-state index in [1.54, 1.807) is 42.2 Å². The predicted molar refractivity (Wildman–Crippen MR) is 105 cm³/mol. The zero-order valence-electron chi connectivity index (χ0n) is 15.6. The predicted octanol–water partition coefficient (Wildman–Crippen LogP) is 2.80. The second kappa shape index (κ2) is 9.32. The third kappa shape index (κ3) is 5.65. The van der Waals surface area contributed by atoms with Crippen molar-refractivity contribution < 1.29 is 9.59 Å². The summed E-state index contributed by atoms with van der Waals surface area (Å²) < 4.78 is 1.60. The average Bonchev–Trinajstić information content (AvgIpc) is 3.21. The van der Waals surface area contributed by atoms with Crippen LogP contribution in [-0.4, -0.2) is 34.7 Å². The van der Waals surface area contributed by atoms with Gasteiger partial charge < -0.3 is 16.0 Å². The quantitative estimate of drug-likeness (QED) is 0.700. The number of rotatable bonds is 7. The van der Waals surface area contributed by atoms with E-state index >= 15 is 0 Å². The number of piperidine rings is 1. The van der Waals surface area contributed by atoms with Crippen LogP contribution in [0.4, 0.5) is 11.4 Å². The van der Waals surface area contributed by atoms with Gasteiger partial charge in [0.2, 0.25) is 11.8 Å². The standard InChI is InChI=1S/C20H27N5O2/c1-15(25-13-3-10-22-25)20(27)24-18-5-2-4-17(14-18)23-19(26)7-6-16-8-11-21-12-9-16/h2-5,10,13-16,21H,6-9,11-12H2,1H3,(H,23,26)(H,24,27). The Balaban J connectivity index is 1.50. The van der Waals surface area contributed by atoms with E-state index in [1.165, 1.54) is 0 Å². The minimum Gasteiger partial charge on any atom is -0.326 e. The number of hydrogen-bond acceptors (Lipinski definition) is 4. The molecule has 0 aliphatic carbocycles. The topological polar surface area (TPSA) is 88.0 Å². The van der Waals surface area contributed by atoms with Crippen LogP contribution in [0.5, 0.6) is 0 Å². The third-order valence-corrected chi connectivity index (χ3v) is 4.95. The van der Waals surface area contributed by atoms with Gasteiger partial charge in [-0.3, -0.25) is 14.3 Å². The van der Waals surface area contributed by atoms with E-state index < -0.39 is 6.04 Å². The molecule has 1 aromatic carbocycles. The minimum atomic E-state index is -0.414. The van der Waals surface area contributed by atoms with Crippen molar-refractivity contribution in [2.45, 2.75) is 38.6 Å². The van der Waals surface area contributed by atoms with Crippen molar-refractivity contribution in [2.75, 3.05) is 23.7 Å². The van der Waals surface area contributed by atoms with Crippen molar-refractivity contribution in [3.05, 3.63) is 42.7 Å². The van der Waals surface area contributed by atoms with E-state index in [0.717, 1.165) is 32.4 Å². The molecule has 1 unspecified atom stereocenters. The SMILES string of the molecule is CC(C(=O)Nc1cccc(NC(=O)CCC2CCNCC2)c1)n1cccn1. The van der Waals surface area contributed by atoms with Gasteiger partial charge in [-0.2, -0.15) is 5.10 Å². The summed E-state index contributed by atoms with van der Waals surface area (Å²) in [6.45, 7) is 3.88. The fourth-order valence-corrected chi connectivity index (χ4v) is 3.28. The van der Waals surface area contributed by atoms with Gasteiger partial charge in [-0.25, -0.2) is 0 Å². The van der Waals surface area contributed by atoms with E-state index in [1.807, 2.05) is 12.1 Å². The van der Waals surface area contributed by atoms with Crippen LogP contribution in [0.1, 0.15) is 38.6 Å². The molecule has 1 aliphatic heterocycles. The van der Waals surface area contributed by atoms with E-state index in [4.69, 9.17) is 0 Å². The molecule has 3 rings (SSSR count). The van der Waals surface area contributed by atoms with Crippen molar-refractivity contribution in [1.82, 2.24) is 15.1 Å². The first-order valence-electron chi connectivity index (χ1n) is 9.52. The fourth-order valence-electron chi connectivity index (χ4n) is 3.28. The monoisotopic (exact) mass is 369 g/mol. The number of carbonyl (C=O) groups excluding carboxylic acids is 2. The molecule has 0 saturated carbocycles. The first kappa shape index (κ1) is 19.1. The highest BCUT2D eigenvalue weighted by atomic mass is 16.2. The lowest BCUT2D eigenvalue weighted by Gasteiger charge is -2.22. The Labute approximate surface area is 159 Å². The maximum Gasteiger partial charge on any atom is 0.248 e. The number of nitrogens with zero attached hydrogens (tertiary/aromatic N) is 2. The molecule has 2 heterocycles. The van der Waals surface area contributed by atoms with Crippen molar-refractivity contribution in [3.63, 3.8) is 0 Å². The largest absolute Gasteiger partial charge is 0.326 e. The third-order valence-electron chi connectivity index (χ3n) is 4.95. The summed E-state index contributed by atoms with van der Waals surface area (Å²) in [5.41, 5.74) is 1.34. The lowest BCUT2D eigenvalue weighted by atomic mass is 9.93. The van der Waals surface area contributed by atoms with Crippen LogP contribution in [0, 0.1) is 5.92 Å². The Morgan fingerprint density at radius 1 is 1.22 bits per heavy atom. The fraction of sp³-hybridized carbons (Fsp3) is 0.450. The molecule has 1 aliphatic rings. The number of anilines is 2. The Morgan fingerprint density at radius 2 is 1.96 bits per heavy atom. The Morgan fingerprint density at radius 3 is 2.67 bits per heavy atom. The van der Waals surface area contributed by atoms with E-state index in [9.17, 15) is 9.59 Å². The van der Waals surface area contributed by atoms with Crippen LogP contribution in [0.2, 0.25) is 0 Å². The lowest BCUT2D eigenvalue weighted by molar-refractivity contribution is -0.119. The van der Waals surface area contributed by atoms with Crippen molar-refractivity contribution in [3.8, 4) is 0 Å². The summed E-state index contributed by atoms with van der Waals surface area (Å²) in [4.78, 5) is 24.6. The number of aromatic nitrogens is 2. The first-order valence-corrected chi connectivity index (χ1v) is 9.52. The number of hydrogen-bond donors (Lipinski definition) is 3. The van der Waals surface area contributed by atoms with Crippen LogP contribution >= 0.6 is 0 Å². The molecule has 1 saturated heterocycles. The number of amides is 2. The van der Waals surface area contributed by atoms with Crippen LogP contribution in [-0.2, 0) is 9.59 Å². The zero-order chi connectivity index (χ0) is 19.1. The summed E-state index contributed by atoms with van der Waals surface area (Å²) in [6.07, 6.45) is 7.13. The van der Waals surface area contributed by atoms with Crippen LogP contribution in [0.3, 0.4) is 0 Å². The minimum absolute atomic E-state index is 0.0157. The highest BCUT2D eigenvalue weighted by Gasteiger charge is 2.16. The molecule has 2 amide bonds. The highest BCUT2D eigenvalue weighted by Crippen LogP contribution is 2.20. The molecule has 2 aromatic rings. The highest BCUT2D eigenvalue weighted by molar-refractivity contribution is 5.95. The Hall–Kier alpha value is -2.67. The first-order chi connectivity index (χ1) is 13.1. The lowest BCUT2D eigenvalue weighted by Crippen LogP contribution is -2.28. The van der Waals surface area contributed by atoms with Crippen molar-refractivity contribution in [2.24, 2.45) is 5.92 Å². The Kier molecular flexibility index (Phi) is 6.59. The molecule has 1 atom stereocenters. The second-order valence-electron chi connectivity index (χ2n) is 7.01. The molecule has 0 bridgehead atoms. The normalized spacial score (nSPS) is 15.9. The molecule has 1 aromatic heterocycles. The summed E-state index contributed by atoms with van der Waals surface area (Å²) in [5.74, 6) is 0.487. The van der Waals surface area contributed by atoms with Gasteiger partial charge in [0.1, 0.15) is 6.04 Å². The van der Waals surface area contributed by atoms with Gasteiger partial charge in [0.25, 0.3) is 0 Å². The van der Waals surface area contributed by atoms with E-state index in [2.05, 4.69) is 21.0 Å². The Bertz CT molecular complexity index is 753. The van der Waals surface area contributed by atoms with Gasteiger partial charge in [-0.1, -0.05) is 6.07 Å². The maximum absolute atomic E-state index is 12.4. The molecule has 7 nitrogen and oxygen atoms in total. The summed E-state index contributed by atoms with van der Waals surface area (Å²) in [6, 6.07) is 8.59. The number of carbonyl (C=O) groups is 2.